The maximum absolute atomic E-state index is 6.37. The van der Waals surface area contributed by atoms with Crippen molar-refractivity contribution in [3.8, 4) is 17.2 Å². The van der Waals surface area contributed by atoms with E-state index in [0.717, 1.165) is 28.4 Å². The lowest BCUT2D eigenvalue weighted by atomic mass is 10.2. The molecule has 1 aliphatic rings. The molecule has 0 bridgehead atoms. The molecule has 4 rings (SSSR count). The van der Waals surface area contributed by atoms with Crippen molar-refractivity contribution in [2.75, 3.05) is 13.2 Å². The van der Waals surface area contributed by atoms with Gasteiger partial charge >= 0.3 is 0 Å². The van der Waals surface area contributed by atoms with E-state index in [1.807, 2.05) is 43.3 Å². The van der Waals surface area contributed by atoms with Crippen molar-refractivity contribution in [3.05, 3.63) is 52.5 Å². The van der Waals surface area contributed by atoms with E-state index in [1.165, 1.54) is 0 Å². The van der Waals surface area contributed by atoms with E-state index < -0.39 is 0 Å². The Labute approximate surface area is 160 Å². The number of thioether (sulfide) groups is 1. The van der Waals surface area contributed by atoms with Crippen molar-refractivity contribution >= 4 is 23.4 Å². The summed E-state index contributed by atoms with van der Waals surface area (Å²) in [5.74, 6) is 1.99. The minimum Gasteiger partial charge on any atom is -0.489 e. The first-order chi connectivity index (χ1) is 12.7. The number of fused-ring (bicyclic) bond motifs is 1. The molecule has 3 aromatic rings. The van der Waals surface area contributed by atoms with Gasteiger partial charge in [-0.05, 0) is 52.7 Å². The van der Waals surface area contributed by atoms with Crippen LogP contribution in [0.5, 0.6) is 11.5 Å². The monoisotopic (exact) mass is 388 g/mol. The number of aryl methyl sites for hydroxylation is 1. The van der Waals surface area contributed by atoms with Gasteiger partial charge in [0.1, 0.15) is 0 Å². The van der Waals surface area contributed by atoms with Gasteiger partial charge in [0.15, 0.2) is 11.5 Å². The van der Waals surface area contributed by atoms with E-state index in [2.05, 4.69) is 15.5 Å². The number of hydrogen-bond donors (Lipinski definition) is 0. The molecule has 0 spiro atoms. The van der Waals surface area contributed by atoms with Gasteiger partial charge in [-0.1, -0.05) is 35.5 Å². The second-order valence-electron chi connectivity index (χ2n) is 5.96. The molecular weight excluding hydrogens is 372 g/mol. The molecule has 0 unspecified atom stereocenters. The van der Waals surface area contributed by atoms with Gasteiger partial charge in [0, 0.05) is 12.2 Å². The number of rotatable bonds is 4. The summed E-state index contributed by atoms with van der Waals surface area (Å²) in [5, 5.41) is 13.3. The van der Waals surface area contributed by atoms with Crippen LogP contribution in [0.3, 0.4) is 0 Å². The van der Waals surface area contributed by atoms with Gasteiger partial charge in [0.05, 0.1) is 23.9 Å². The Hall–Kier alpha value is -2.25. The highest BCUT2D eigenvalue weighted by atomic mass is 35.5. The van der Waals surface area contributed by atoms with Crippen molar-refractivity contribution in [1.82, 2.24) is 20.2 Å². The van der Waals surface area contributed by atoms with Crippen LogP contribution in [0, 0.1) is 6.92 Å². The Bertz CT molecular complexity index is 931. The average molecular weight is 389 g/mol. The van der Waals surface area contributed by atoms with Gasteiger partial charge in [-0.3, -0.25) is 0 Å². The van der Waals surface area contributed by atoms with Gasteiger partial charge in [-0.25, -0.2) is 0 Å². The van der Waals surface area contributed by atoms with E-state index in [4.69, 9.17) is 21.1 Å². The highest BCUT2D eigenvalue weighted by Crippen LogP contribution is 2.39. The van der Waals surface area contributed by atoms with E-state index in [-0.39, 0.29) is 0 Å². The highest BCUT2D eigenvalue weighted by molar-refractivity contribution is 7.98. The van der Waals surface area contributed by atoms with Crippen LogP contribution >= 0.6 is 23.4 Å². The van der Waals surface area contributed by atoms with Crippen LogP contribution in [0.4, 0.5) is 0 Å². The molecule has 8 heteroatoms. The predicted octanol–water partition coefficient (Wildman–Crippen LogP) is 4.08. The summed E-state index contributed by atoms with van der Waals surface area (Å²) in [7, 11) is 0. The molecule has 6 nitrogen and oxygen atoms in total. The zero-order valence-electron chi connectivity index (χ0n) is 14.2. The van der Waals surface area contributed by atoms with Crippen LogP contribution < -0.4 is 9.47 Å². The van der Waals surface area contributed by atoms with Crippen LogP contribution in [-0.4, -0.2) is 33.4 Å². The third kappa shape index (κ3) is 3.64. The molecule has 0 fully saturated rings. The summed E-state index contributed by atoms with van der Waals surface area (Å²) in [6, 6.07) is 11.9. The second-order valence-corrected chi connectivity index (χ2v) is 7.31. The Kier molecular flexibility index (Phi) is 4.99. The summed E-state index contributed by atoms with van der Waals surface area (Å²) in [5.41, 5.74) is 3.13. The molecular formula is C18H17ClN4O2S. The minimum absolute atomic E-state index is 0.568. The SMILES string of the molecule is Cc1cccc(-n2nnnc2SCc2cc(Cl)c3c(c2)OCCCO3)c1. The van der Waals surface area contributed by atoms with Gasteiger partial charge in [0.2, 0.25) is 5.16 Å². The van der Waals surface area contributed by atoms with E-state index in [0.29, 0.717) is 35.5 Å². The van der Waals surface area contributed by atoms with Crippen molar-refractivity contribution in [1.29, 1.82) is 0 Å². The molecule has 0 amide bonds. The fraction of sp³-hybridized carbons (Fsp3) is 0.278. The molecule has 2 aromatic carbocycles. The van der Waals surface area contributed by atoms with E-state index >= 15 is 0 Å². The first-order valence-electron chi connectivity index (χ1n) is 8.27. The molecule has 0 aliphatic carbocycles. The van der Waals surface area contributed by atoms with Crippen molar-refractivity contribution in [3.63, 3.8) is 0 Å². The quantitative estimate of drug-likeness (QED) is 0.627. The third-order valence-electron chi connectivity index (χ3n) is 3.92. The van der Waals surface area contributed by atoms with Crippen LogP contribution in [0.25, 0.3) is 5.69 Å². The fourth-order valence-corrected chi connectivity index (χ4v) is 3.81. The lowest BCUT2D eigenvalue weighted by molar-refractivity contribution is 0.297. The summed E-state index contributed by atoms with van der Waals surface area (Å²) in [4.78, 5) is 0. The van der Waals surface area contributed by atoms with Crippen LogP contribution in [-0.2, 0) is 5.75 Å². The van der Waals surface area contributed by atoms with E-state index in [1.54, 1.807) is 16.4 Å². The molecule has 0 saturated carbocycles. The molecule has 1 aromatic heterocycles. The number of ether oxygens (including phenoxy) is 2. The topological polar surface area (TPSA) is 62.1 Å². The Morgan fingerprint density at radius 1 is 1.19 bits per heavy atom. The second kappa shape index (κ2) is 7.55. The van der Waals surface area contributed by atoms with Gasteiger partial charge in [-0.15, -0.1) is 5.10 Å². The lowest BCUT2D eigenvalue weighted by Gasteiger charge is -2.11. The molecule has 0 radical (unpaired) electrons. The highest BCUT2D eigenvalue weighted by Gasteiger charge is 2.16. The summed E-state index contributed by atoms with van der Waals surface area (Å²) < 4.78 is 13.2. The maximum Gasteiger partial charge on any atom is 0.214 e. The molecule has 134 valence electrons. The lowest BCUT2D eigenvalue weighted by Crippen LogP contribution is -1.99. The first kappa shape index (κ1) is 17.2. The zero-order valence-corrected chi connectivity index (χ0v) is 15.8. The van der Waals surface area contributed by atoms with Gasteiger partial charge in [-0.2, -0.15) is 4.68 Å². The summed E-state index contributed by atoms with van der Waals surface area (Å²) >= 11 is 7.91. The van der Waals surface area contributed by atoms with Crippen LogP contribution in [0.2, 0.25) is 5.02 Å². The Balaban J connectivity index is 1.55. The summed E-state index contributed by atoms with van der Waals surface area (Å²) in [6.45, 7) is 3.29. The van der Waals surface area contributed by atoms with Crippen molar-refractivity contribution in [2.24, 2.45) is 0 Å². The third-order valence-corrected chi connectivity index (χ3v) is 5.19. The molecule has 2 heterocycles. The Morgan fingerprint density at radius 3 is 2.96 bits per heavy atom. The molecule has 0 saturated heterocycles. The number of nitrogens with zero attached hydrogens (tertiary/aromatic N) is 4. The number of hydrogen-bond acceptors (Lipinski definition) is 6. The summed E-state index contributed by atoms with van der Waals surface area (Å²) in [6.07, 6.45) is 0.848. The fourth-order valence-electron chi connectivity index (χ4n) is 2.71. The minimum atomic E-state index is 0.568. The predicted molar refractivity (Wildman–Crippen MR) is 101 cm³/mol. The molecule has 26 heavy (non-hydrogen) atoms. The average Bonchev–Trinajstić information content (AvgIpc) is 2.97. The maximum atomic E-state index is 6.37. The number of tetrazole rings is 1. The van der Waals surface area contributed by atoms with E-state index in [9.17, 15) is 0 Å². The largest absolute Gasteiger partial charge is 0.489 e. The molecule has 1 aliphatic heterocycles. The van der Waals surface area contributed by atoms with Gasteiger partial charge in [0.25, 0.3) is 0 Å². The van der Waals surface area contributed by atoms with Crippen molar-refractivity contribution in [2.45, 2.75) is 24.3 Å². The van der Waals surface area contributed by atoms with Crippen LogP contribution in [0.1, 0.15) is 17.5 Å². The number of halogens is 1. The smallest absolute Gasteiger partial charge is 0.214 e. The zero-order chi connectivity index (χ0) is 17.9. The first-order valence-corrected chi connectivity index (χ1v) is 9.63. The van der Waals surface area contributed by atoms with Crippen LogP contribution in [0.15, 0.2) is 41.6 Å². The van der Waals surface area contributed by atoms with Crippen molar-refractivity contribution < 1.29 is 9.47 Å². The standard InChI is InChI=1S/C18H17ClN4O2S/c1-12-4-2-5-14(8-12)23-18(20-21-22-23)26-11-13-9-15(19)17-16(10-13)24-6-3-7-25-17/h2,4-5,8-10H,3,6-7,11H2,1H3. The number of aromatic nitrogens is 4. The Morgan fingerprint density at radius 2 is 2.08 bits per heavy atom. The normalized spacial score (nSPS) is 13.5. The molecule has 0 N–H and O–H groups in total. The number of benzene rings is 2. The van der Waals surface area contributed by atoms with Gasteiger partial charge < -0.3 is 9.47 Å². The molecule has 0 atom stereocenters.